The zero-order valence-corrected chi connectivity index (χ0v) is 13.2. The van der Waals surface area contributed by atoms with E-state index in [0.29, 0.717) is 17.3 Å². The molecule has 3 aromatic rings. The Morgan fingerprint density at radius 3 is 2.45 bits per heavy atom. The van der Waals surface area contributed by atoms with Gasteiger partial charge in [-0.3, -0.25) is 0 Å². The minimum Gasteiger partial charge on any atom is -0.461 e. The molecule has 0 saturated carbocycles. The Bertz CT molecular complexity index is 834. The predicted molar refractivity (Wildman–Crippen MR) is 89.3 cm³/mol. The summed E-state index contributed by atoms with van der Waals surface area (Å²) in [6.07, 6.45) is 0. The van der Waals surface area contributed by atoms with Crippen molar-refractivity contribution >= 4 is 28.5 Å². The Labute approximate surface area is 134 Å². The van der Waals surface area contributed by atoms with Crippen molar-refractivity contribution in [3.63, 3.8) is 0 Å². The lowest BCUT2D eigenvalue weighted by atomic mass is 10.0. The first-order valence-electron chi connectivity index (χ1n) is 7.12. The van der Waals surface area contributed by atoms with Crippen molar-refractivity contribution in [2.24, 2.45) is 7.05 Å². The molecule has 4 heteroatoms. The summed E-state index contributed by atoms with van der Waals surface area (Å²) in [5, 5.41) is 1.73. The molecule has 0 fully saturated rings. The molecule has 3 rings (SSSR count). The second-order valence-corrected chi connectivity index (χ2v) is 5.53. The van der Waals surface area contributed by atoms with Gasteiger partial charge in [-0.25, -0.2) is 4.79 Å². The lowest BCUT2D eigenvalue weighted by Crippen LogP contribution is -2.09. The van der Waals surface area contributed by atoms with Crippen molar-refractivity contribution in [2.75, 3.05) is 6.61 Å². The summed E-state index contributed by atoms with van der Waals surface area (Å²) < 4.78 is 6.95. The molecule has 0 amide bonds. The van der Waals surface area contributed by atoms with Crippen LogP contribution in [0.1, 0.15) is 17.4 Å². The van der Waals surface area contributed by atoms with E-state index in [1.54, 1.807) is 6.92 Å². The van der Waals surface area contributed by atoms with Crippen molar-refractivity contribution in [1.82, 2.24) is 4.57 Å². The average Bonchev–Trinajstić information content (AvgIpc) is 2.85. The van der Waals surface area contributed by atoms with E-state index in [1.807, 2.05) is 54.1 Å². The standard InChI is InChI=1S/C18H16ClNO2/c1-3-22-18(21)17-11-14-10-13(6-9-16(14)20(17)2)12-4-7-15(19)8-5-12/h4-11H,3H2,1-2H3. The van der Waals surface area contributed by atoms with Gasteiger partial charge in [0.25, 0.3) is 0 Å². The summed E-state index contributed by atoms with van der Waals surface area (Å²) >= 11 is 5.93. The zero-order valence-electron chi connectivity index (χ0n) is 12.5. The minimum absolute atomic E-state index is 0.297. The summed E-state index contributed by atoms with van der Waals surface area (Å²) in [6, 6.07) is 15.7. The maximum Gasteiger partial charge on any atom is 0.354 e. The Morgan fingerprint density at radius 2 is 1.77 bits per heavy atom. The van der Waals surface area contributed by atoms with Gasteiger partial charge in [0.05, 0.1) is 6.61 Å². The Morgan fingerprint density at radius 1 is 1.09 bits per heavy atom. The van der Waals surface area contributed by atoms with Gasteiger partial charge in [0.2, 0.25) is 0 Å². The van der Waals surface area contributed by atoms with E-state index in [0.717, 1.165) is 22.0 Å². The van der Waals surface area contributed by atoms with Crippen LogP contribution in [-0.4, -0.2) is 17.1 Å². The Hall–Kier alpha value is -2.26. The quantitative estimate of drug-likeness (QED) is 0.658. The fourth-order valence-electron chi connectivity index (χ4n) is 2.57. The molecule has 0 aliphatic heterocycles. The van der Waals surface area contributed by atoms with Gasteiger partial charge >= 0.3 is 5.97 Å². The van der Waals surface area contributed by atoms with Gasteiger partial charge in [-0.15, -0.1) is 0 Å². The molecular formula is C18H16ClNO2. The SMILES string of the molecule is CCOC(=O)c1cc2cc(-c3ccc(Cl)cc3)ccc2n1C. The molecule has 0 N–H and O–H groups in total. The molecule has 0 aliphatic carbocycles. The number of aryl methyl sites for hydroxylation is 1. The molecule has 3 nitrogen and oxygen atoms in total. The first-order chi connectivity index (χ1) is 10.6. The summed E-state index contributed by atoms with van der Waals surface area (Å²) in [5.41, 5.74) is 3.74. The molecular weight excluding hydrogens is 298 g/mol. The second kappa shape index (κ2) is 5.85. The van der Waals surface area contributed by atoms with Crippen LogP contribution in [0, 0.1) is 0 Å². The van der Waals surface area contributed by atoms with Gasteiger partial charge in [0.15, 0.2) is 0 Å². The molecule has 0 radical (unpaired) electrons. The van der Waals surface area contributed by atoms with Crippen LogP contribution < -0.4 is 0 Å². The normalized spacial score (nSPS) is 10.9. The van der Waals surface area contributed by atoms with E-state index in [9.17, 15) is 4.79 Å². The van der Waals surface area contributed by atoms with Gasteiger partial charge in [0, 0.05) is 23.0 Å². The zero-order chi connectivity index (χ0) is 15.7. The maximum atomic E-state index is 12.0. The van der Waals surface area contributed by atoms with Gasteiger partial charge in [-0.2, -0.15) is 0 Å². The molecule has 22 heavy (non-hydrogen) atoms. The number of hydrogen-bond donors (Lipinski definition) is 0. The topological polar surface area (TPSA) is 31.2 Å². The van der Waals surface area contributed by atoms with E-state index in [2.05, 4.69) is 6.07 Å². The highest BCUT2D eigenvalue weighted by molar-refractivity contribution is 6.30. The van der Waals surface area contributed by atoms with Crippen LogP contribution >= 0.6 is 11.6 Å². The number of benzene rings is 2. The average molecular weight is 314 g/mol. The summed E-state index contributed by atoms with van der Waals surface area (Å²) in [4.78, 5) is 12.0. The van der Waals surface area contributed by atoms with E-state index in [1.165, 1.54) is 0 Å². The third kappa shape index (κ3) is 2.60. The molecule has 1 aromatic heterocycles. The van der Waals surface area contributed by atoms with Gasteiger partial charge in [-0.05, 0) is 48.4 Å². The fourth-order valence-corrected chi connectivity index (χ4v) is 2.70. The van der Waals surface area contributed by atoms with Gasteiger partial charge in [-0.1, -0.05) is 29.8 Å². The summed E-state index contributed by atoms with van der Waals surface area (Å²) in [5.74, 6) is -0.297. The largest absolute Gasteiger partial charge is 0.461 e. The number of fused-ring (bicyclic) bond motifs is 1. The van der Waals surface area contributed by atoms with Crippen LogP contribution in [0.3, 0.4) is 0 Å². The number of carbonyl (C=O) groups excluding carboxylic acids is 1. The molecule has 0 unspecified atom stereocenters. The van der Waals surface area contributed by atoms with Crippen molar-refractivity contribution in [1.29, 1.82) is 0 Å². The predicted octanol–water partition coefficient (Wildman–Crippen LogP) is 4.68. The van der Waals surface area contributed by atoms with Crippen molar-refractivity contribution in [2.45, 2.75) is 6.92 Å². The van der Waals surface area contributed by atoms with Crippen LogP contribution in [0.5, 0.6) is 0 Å². The first kappa shape index (κ1) is 14.7. The third-order valence-electron chi connectivity index (χ3n) is 3.70. The maximum absolute atomic E-state index is 12.0. The van der Waals surface area contributed by atoms with Crippen LogP contribution in [0.4, 0.5) is 0 Å². The number of carbonyl (C=O) groups is 1. The number of halogens is 1. The molecule has 0 aliphatic rings. The lowest BCUT2D eigenvalue weighted by molar-refractivity contribution is 0.0516. The first-order valence-corrected chi connectivity index (χ1v) is 7.50. The highest BCUT2D eigenvalue weighted by atomic mass is 35.5. The highest BCUT2D eigenvalue weighted by Crippen LogP contribution is 2.27. The Balaban J connectivity index is 2.07. The molecule has 2 aromatic carbocycles. The van der Waals surface area contributed by atoms with Crippen LogP contribution in [0.25, 0.3) is 22.0 Å². The van der Waals surface area contributed by atoms with Crippen LogP contribution in [0.15, 0.2) is 48.5 Å². The van der Waals surface area contributed by atoms with E-state index < -0.39 is 0 Å². The number of rotatable bonds is 3. The number of hydrogen-bond acceptors (Lipinski definition) is 2. The number of nitrogens with zero attached hydrogens (tertiary/aromatic N) is 1. The fraction of sp³-hybridized carbons (Fsp3) is 0.167. The number of aromatic nitrogens is 1. The van der Waals surface area contributed by atoms with E-state index in [-0.39, 0.29) is 5.97 Å². The molecule has 0 bridgehead atoms. The number of esters is 1. The monoisotopic (exact) mass is 313 g/mol. The van der Waals surface area contributed by atoms with Gasteiger partial charge in [0.1, 0.15) is 5.69 Å². The summed E-state index contributed by atoms with van der Waals surface area (Å²) in [6.45, 7) is 2.18. The second-order valence-electron chi connectivity index (χ2n) is 5.09. The van der Waals surface area contributed by atoms with Crippen LogP contribution in [-0.2, 0) is 11.8 Å². The smallest absolute Gasteiger partial charge is 0.354 e. The third-order valence-corrected chi connectivity index (χ3v) is 3.96. The van der Waals surface area contributed by atoms with Gasteiger partial charge < -0.3 is 9.30 Å². The molecule has 0 atom stereocenters. The van der Waals surface area contributed by atoms with Crippen molar-refractivity contribution in [3.05, 3.63) is 59.2 Å². The molecule has 1 heterocycles. The van der Waals surface area contributed by atoms with Crippen molar-refractivity contribution in [3.8, 4) is 11.1 Å². The van der Waals surface area contributed by atoms with E-state index in [4.69, 9.17) is 16.3 Å². The van der Waals surface area contributed by atoms with Crippen LogP contribution in [0.2, 0.25) is 5.02 Å². The minimum atomic E-state index is -0.297. The molecule has 0 saturated heterocycles. The molecule has 0 spiro atoms. The molecule has 112 valence electrons. The Kier molecular flexibility index (Phi) is 3.90. The highest BCUT2D eigenvalue weighted by Gasteiger charge is 2.14. The van der Waals surface area contributed by atoms with Crippen molar-refractivity contribution < 1.29 is 9.53 Å². The number of ether oxygens (including phenoxy) is 1. The lowest BCUT2D eigenvalue weighted by Gasteiger charge is -2.04. The summed E-state index contributed by atoms with van der Waals surface area (Å²) in [7, 11) is 1.87. The van der Waals surface area contributed by atoms with E-state index >= 15 is 0 Å².